The average Bonchev–Trinajstić information content (AvgIpc) is 2.61. The van der Waals surface area contributed by atoms with Gasteiger partial charge in [-0.05, 0) is 43.3 Å². The maximum absolute atomic E-state index is 12.0. The Labute approximate surface area is 141 Å². The summed E-state index contributed by atoms with van der Waals surface area (Å²) in [5.41, 5.74) is 1.49. The highest BCUT2D eigenvalue weighted by Crippen LogP contribution is 2.20. The molecule has 0 aliphatic heterocycles. The van der Waals surface area contributed by atoms with Gasteiger partial charge in [-0.15, -0.1) is 0 Å². The first-order valence-corrected chi connectivity index (χ1v) is 7.53. The molecule has 1 N–H and O–H groups in total. The number of carbonyl (C=O) groups excluding carboxylic acids is 1. The predicted octanol–water partition coefficient (Wildman–Crippen LogP) is 3.64. The zero-order valence-corrected chi connectivity index (χ0v) is 13.4. The molecular weight excluding hydrogens is 304 g/mol. The van der Waals surface area contributed by atoms with Crippen molar-refractivity contribution in [2.24, 2.45) is 0 Å². The Balaban J connectivity index is 1.97. The Kier molecular flexibility index (Phi) is 6.42. The number of nitrogens with zero attached hydrogens (tertiary/aromatic N) is 1. The molecule has 0 aliphatic rings. The SMILES string of the molecule is CCOc1ccccc1/C=C/C(=O)Nc1ccc(OCC#N)cc1. The van der Waals surface area contributed by atoms with E-state index in [0.717, 1.165) is 11.3 Å². The van der Waals surface area contributed by atoms with Crippen LogP contribution < -0.4 is 14.8 Å². The van der Waals surface area contributed by atoms with Crippen LogP contribution in [0.15, 0.2) is 54.6 Å². The van der Waals surface area contributed by atoms with Crippen LogP contribution in [-0.4, -0.2) is 19.1 Å². The lowest BCUT2D eigenvalue weighted by Gasteiger charge is -2.07. The van der Waals surface area contributed by atoms with Crippen LogP contribution in [0.5, 0.6) is 11.5 Å². The molecule has 2 aromatic rings. The quantitative estimate of drug-likeness (QED) is 0.790. The van der Waals surface area contributed by atoms with Gasteiger partial charge >= 0.3 is 0 Å². The normalized spacial score (nSPS) is 10.2. The van der Waals surface area contributed by atoms with Crippen LogP contribution in [0.1, 0.15) is 12.5 Å². The number of rotatable bonds is 7. The van der Waals surface area contributed by atoms with Crippen LogP contribution in [0, 0.1) is 11.3 Å². The lowest BCUT2D eigenvalue weighted by molar-refractivity contribution is -0.111. The number of hydrogen-bond acceptors (Lipinski definition) is 4. The van der Waals surface area contributed by atoms with Crippen molar-refractivity contribution < 1.29 is 14.3 Å². The zero-order chi connectivity index (χ0) is 17.2. The van der Waals surface area contributed by atoms with Gasteiger partial charge in [-0.3, -0.25) is 4.79 Å². The lowest BCUT2D eigenvalue weighted by atomic mass is 10.2. The molecule has 0 bridgehead atoms. The minimum absolute atomic E-state index is 0.00627. The first-order chi connectivity index (χ1) is 11.7. The largest absolute Gasteiger partial charge is 0.493 e. The van der Waals surface area contributed by atoms with Crippen LogP contribution in [0.4, 0.5) is 5.69 Å². The molecule has 0 aliphatic carbocycles. The van der Waals surface area contributed by atoms with Crippen LogP contribution in [0.2, 0.25) is 0 Å². The van der Waals surface area contributed by atoms with E-state index in [4.69, 9.17) is 14.7 Å². The van der Waals surface area contributed by atoms with E-state index < -0.39 is 0 Å². The summed E-state index contributed by atoms with van der Waals surface area (Å²) in [6, 6.07) is 16.2. The lowest BCUT2D eigenvalue weighted by Crippen LogP contribution is -2.07. The molecular formula is C19H18N2O3. The molecule has 0 saturated heterocycles. The Morgan fingerprint density at radius 1 is 1.17 bits per heavy atom. The molecule has 2 aromatic carbocycles. The molecule has 122 valence electrons. The van der Waals surface area contributed by atoms with Crippen molar-refractivity contribution >= 4 is 17.7 Å². The zero-order valence-electron chi connectivity index (χ0n) is 13.4. The van der Waals surface area contributed by atoms with Crippen molar-refractivity contribution in [2.45, 2.75) is 6.92 Å². The molecule has 5 nitrogen and oxygen atoms in total. The van der Waals surface area contributed by atoms with E-state index in [-0.39, 0.29) is 12.5 Å². The van der Waals surface area contributed by atoms with Gasteiger partial charge in [0.1, 0.15) is 17.6 Å². The van der Waals surface area contributed by atoms with E-state index in [9.17, 15) is 4.79 Å². The Morgan fingerprint density at radius 3 is 2.62 bits per heavy atom. The van der Waals surface area contributed by atoms with Gasteiger partial charge in [0.25, 0.3) is 0 Å². The molecule has 24 heavy (non-hydrogen) atoms. The number of carbonyl (C=O) groups is 1. The third-order valence-electron chi connectivity index (χ3n) is 3.06. The number of anilines is 1. The number of benzene rings is 2. The molecule has 0 fully saturated rings. The van der Waals surface area contributed by atoms with Gasteiger partial charge < -0.3 is 14.8 Å². The maximum atomic E-state index is 12.0. The molecule has 0 aromatic heterocycles. The van der Waals surface area contributed by atoms with Crippen LogP contribution in [-0.2, 0) is 4.79 Å². The monoisotopic (exact) mass is 322 g/mol. The fourth-order valence-corrected chi connectivity index (χ4v) is 2.00. The molecule has 0 unspecified atom stereocenters. The smallest absolute Gasteiger partial charge is 0.248 e. The van der Waals surface area contributed by atoms with Crippen molar-refractivity contribution in [3.05, 3.63) is 60.2 Å². The number of ether oxygens (including phenoxy) is 2. The third-order valence-corrected chi connectivity index (χ3v) is 3.06. The van der Waals surface area contributed by atoms with Gasteiger partial charge in [0.05, 0.1) is 6.61 Å². The average molecular weight is 322 g/mol. The molecule has 0 spiro atoms. The number of amides is 1. The second-order valence-corrected chi connectivity index (χ2v) is 4.76. The first-order valence-electron chi connectivity index (χ1n) is 7.53. The predicted molar refractivity (Wildman–Crippen MR) is 92.8 cm³/mol. The molecule has 1 amide bonds. The minimum atomic E-state index is -0.244. The fourth-order valence-electron chi connectivity index (χ4n) is 2.00. The van der Waals surface area contributed by atoms with Crippen LogP contribution >= 0.6 is 0 Å². The summed E-state index contributed by atoms with van der Waals surface area (Å²) in [5.74, 6) is 1.07. The van der Waals surface area contributed by atoms with E-state index in [1.807, 2.05) is 37.3 Å². The van der Waals surface area contributed by atoms with Crippen molar-refractivity contribution in [1.82, 2.24) is 0 Å². The second kappa shape index (κ2) is 9.01. The standard InChI is InChI=1S/C19H18N2O3/c1-2-23-18-6-4-3-5-15(18)7-12-19(22)21-16-8-10-17(11-9-16)24-14-13-20/h3-12H,2,14H2,1H3,(H,21,22)/b12-7+. The number of para-hydroxylation sites is 1. The molecule has 0 heterocycles. The van der Waals surface area contributed by atoms with Gasteiger partial charge in [-0.2, -0.15) is 5.26 Å². The number of hydrogen-bond donors (Lipinski definition) is 1. The van der Waals surface area contributed by atoms with Crippen LogP contribution in [0.25, 0.3) is 6.08 Å². The highest BCUT2D eigenvalue weighted by atomic mass is 16.5. The summed E-state index contributed by atoms with van der Waals surface area (Å²) in [6.07, 6.45) is 3.17. The number of nitriles is 1. The fraction of sp³-hybridized carbons (Fsp3) is 0.158. The summed E-state index contributed by atoms with van der Waals surface area (Å²) in [6.45, 7) is 2.47. The minimum Gasteiger partial charge on any atom is -0.493 e. The van der Waals surface area contributed by atoms with E-state index in [0.29, 0.717) is 18.0 Å². The summed E-state index contributed by atoms with van der Waals surface area (Å²) < 4.78 is 10.7. The Bertz CT molecular complexity index is 746. The molecule has 2 rings (SSSR count). The maximum Gasteiger partial charge on any atom is 0.248 e. The molecule has 5 heteroatoms. The van der Waals surface area contributed by atoms with Crippen LogP contribution in [0.3, 0.4) is 0 Å². The van der Waals surface area contributed by atoms with Gasteiger partial charge in [0.2, 0.25) is 5.91 Å². The highest BCUT2D eigenvalue weighted by Gasteiger charge is 2.01. The Morgan fingerprint density at radius 2 is 1.92 bits per heavy atom. The Hall–Kier alpha value is -3.26. The summed E-state index contributed by atoms with van der Waals surface area (Å²) in [5, 5.41) is 11.2. The van der Waals surface area contributed by atoms with Crippen molar-refractivity contribution in [2.75, 3.05) is 18.5 Å². The third kappa shape index (κ3) is 5.18. The number of nitrogens with one attached hydrogen (secondary N) is 1. The van der Waals surface area contributed by atoms with E-state index in [1.54, 1.807) is 30.3 Å². The van der Waals surface area contributed by atoms with Gasteiger partial charge in [0.15, 0.2) is 6.61 Å². The topological polar surface area (TPSA) is 71.3 Å². The van der Waals surface area contributed by atoms with Gasteiger partial charge in [-0.25, -0.2) is 0 Å². The highest BCUT2D eigenvalue weighted by molar-refractivity contribution is 6.02. The summed E-state index contributed by atoms with van der Waals surface area (Å²) >= 11 is 0. The van der Waals surface area contributed by atoms with Gasteiger partial charge in [-0.1, -0.05) is 18.2 Å². The van der Waals surface area contributed by atoms with E-state index >= 15 is 0 Å². The first kappa shape index (κ1) is 17.1. The van der Waals surface area contributed by atoms with E-state index in [2.05, 4.69) is 5.32 Å². The molecule has 0 radical (unpaired) electrons. The summed E-state index contributed by atoms with van der Waals surface area (Å²) in [4.78, 5) is 12.0. The van der Waals surface area contributed by atoms with Crippen molar-refractivity contribution in [3.63, 3.8) is 0 Å². The molecule has 0 atom stereocenters. The second-order valence-electron chi connectivity index (χ2n) is 4.76. The van der Waals surface area contributed by atoms with E-state index in [1.165, 1.54) is 6.08 Å². The molecule has 0 saturated carbocycles. The summed E-state index contributed by atoms with van der Waals surface area (Å²) in [7, 11) is 0. The van der Waals surface area contributed by atoms with Gasteiger partial charge in [0, 0.05) is 17.3 Å². The van der Waals surface area contributed by atoms with Crippen molar-refractivity contribution in [3.8, 4) is 17.6 Å². The van der Waals surface area contributed by atoms with Crippen molar-refractivity contribution in [1.29, 1.82) is 5.26 Å².